The van der Waals surface area contributed by atoms with Crippen LogP contribution in [0.2, 0.25) is 0 Å². The number of nitrogens with one attached hydrogen (secondary N) is 1. The van der Waals surface area contributed by atoms with E-state index in [1.54, 1.807) is 0 Å². The zero-order valence-corrected chi connectivity index (χ0v) is 12.2. The van der Waals surface area contributed by atoms with Gasteiger partial charge < -0.3 is 15.0 Å². The van der Waals surface area contributed by atoms with Crippen molar-refractivity contribution in [2.24, 2.45) is 10.8 Å². The fraction of sp³-hybridized carbons (Fsp3) is 0.933. The summed E-state index contributed by atoms with van der Waals surface area (Å²) in [4.78, 5) is 14.3. The minimum Gasteiger partial charge on any atom is -0.469 e. The summed E-state index contributed by atoms with van der Waals surface area (Å²) >= 11 is 0. The smallest absolute Gasteiger partial charge is 0.312 e. The van der Waals surface area contributed by atoms with E-state index < -0.39 is 0 Å². The molecule has 1 N–H and O–H groups in total. The molecule has 3 rings (SSSR count). The Labute approximate surface area is 115 Å². The first kappa shape index (κ1) is 13.4. The van der Waals surface area contributed by atoms with Crippen LogP contribution in [0.15, 0.2) is 0 Å². The molecule has 0 aromatic rings. The summed E-state index contributed by atoms with van der Waals surface area (Å²) < 4.78 is 4.94. The van der Waals surface area contributed by atoms with Gasteiger partial charge in [0.1, 0.15) is 0 Å². The number of hydrogen-bond acceptors (Lipinski definition) is 4. The van der Waals surface area contributed by atoms with Crippen LogP contribution in [0.25, 0.3) is 0 Å². The van der Waals surface area contributed by atoms with E-state index >= 15 is 0 Å². The topological polar surface area (TPSA) is 41.6 Å². The summed E-state index contributed by atoms with van der Waals surface area (Å²) in [7, 11) is 1.52. The van der Waals surface area contributed by atoms with Gasteiger partial charge in [-0.1, -0.05) is 6.92 Å². The largest absolute Gasteiger partial charge is 0.469 e. The highest BCUT2D eigenvalue weighted by Gasteiger charge is 2.87. The van der Waals surface area contributed by atoms with Gasteiger partial charge in [-0.3, -0.25) is 4.79 Å². The van der Waals surface area contributed by atoms with Crippen molar-refractivity contribution in [1.29, 1.82) is 0 Å². The van der Waals surface area contributed by atoms with E-state index in [4.69, 9.17) is 4.74 Å². The first-order chi connectivity index (χ1) is 9.16. The van der Waals surface area contributed by atoms with E-state index in [2.05, 4.69) is 17.1 Å². The van der Waals surface area contributed by atoms with Crippen LogP contribution in [-0.4, -0.2) is 50.2 Å². The van der Waals surface area contributed by atoms with Crippen molar-refractivity contribution in [1.82, 2.24) is 10.2 Å². The van der Waals surface area contributed by atoms with E-state index in [1.165, 1.54) is 26.4 Å². The van der Waals surface area contributed by atoms with Crippen LogP contribution in [0.3, 0.4) is 0 Å². The molecule has 4 nitrogen and oxygen atoms in total. The lowest BCUT2D eigenvalue weighted by Gasteiger charge is -2.23. The lowest BCUT2D eigenvalue weighted by Crippen LogP contribution is -2.36. The Morgan fingerprint density at radius 1 is 1.37 bits per heavy atom. The summed E-state index contributed by atoms with van der Waals surface area (Å²) in [5.41, 5.74) is 0.215. The second-order valence-electron chi connectivity index (χ2n) is 6.71. The Morgan fingerprint density at radius 2 is 2.11 bits per heavy atom. The molecule has 0 aliphatic heterocycles. The van der Waals surface area contributed by atoms with E-state index in [0.717, 1.165) is 45.1 Å². The summed E-state index contributed by atoms with van der Waals surface area (Å²) in [5, 5.41) is 3.58. The number of carbonyl (C=O) groups is 1. The molecular weight excluding hydrogens is 240 g/mol. The summed E-state index contributed by atoms with van der Waals surface area (Å²) in [6, 6.07) is 0.789. The Balaban J connectivity index is 1.45. The van der Waals surface area contributed by atoms with Crippen LogP contribution in [0.4, 0.5) is 0 Å². The number of carbonyl (C=O) groups excluding carboxylic acids is 1. The van der Waals surface area contributed by atoms with Crippen LogP contribution in [0, 0.1) is 10.8 Å². The molecule has 0 saturated heterocycles. The maximum atomic E-state index is 11.7. The van der Waals surface area contributed by atoms with Gasteiger partial charge in [0.05, 0.1) is 12.5 Å². The molecule has 3 fully saturated rings. The second kappa shape index (κ2) is 4.74. The third kappa shape index (κ3) is 2.40. The molecule has 0 amide bonds. The van der Waals surface area contributed by atoms with Gasteiger partial charge in [0.2, 0.25) is 0 Å². The quantitative estimate of drug-likeness (QED) is 0.641. The van der Waals surface area contributed by atoms with Gasteiger partial charge in [0.15, 0.2) is 0 Å². The SMILES string of the molecule is CCCN(CCNC1CC1)CC12CC1(C(=O)OC)C2. The van der Waals surface area contributed by atoms with E-state index in [1.807, 2.05) is 0 Å². The molecule has 3 aliphatic carbocycles. The first-order valence-corrected chi connectivity index (χ1v) is 7.70. The molecule has 3 saturated carbocycles. The number of nitrogens with zero attached hydrogens (tertiary/aromatic N) is 1. The fourth-order valence-electron chi connectivity index (χ4n) is 3.56. The number of fused-ring (bicyclic) bond motifs is 1. The van der Waals surface area contributed by atoms with Crippen LogP contribution < -0.4 is 5.32 Å². The molecule has 0 atom stereocenters. The minimum atomic E-state index is -0.0718. The van der Waals surface area contributed by atoms with Crippen molar-refractivity contribution < 1.29 is 9.53 Å². The van der Waals surface area contributed by atoms with Gasteiger partial charge in [-0.2, -0.15) is 0 Å². The molecule has 0 bridgehead atoms. The van der Waals surface area contributed by atoms with Crippen LogP contribution in [0.5, 0.6) is 0 Å². The van der Waals surface area contributed by atoms with Crippen molar-refractivity contribution in [3.8, 4) is 0 Å². The van der Waals surface area contributed by atoms with E-state index in [0.29, 0.717) is 0 Å². The van der Waals surface area contributed by atoms with E-state index in [9.17, 15) is 4.79 Å². The third-order valence-electron chi connectivity index (χ3n) is 5.13. The van der Waals surface area contributed by atoms with Gasteiger partial charge in [-0.15, -0.1) is 0 Å². The third-order valence-corrected chi connectivity index (χ3v) is 5.13. The van der Waals surface area contributed by atoms with Gasteiger partial charge in [-0.25, -0.2) is 0 Å². The Morgan fingerprint density at radius 3 is 2.68 bits per heavy atom. The molecule has 0 heterocycles. The highest BCUT2D eigenvalue weighted by Crippen LogP contribution is 2.86. The zero-order chi connectivity index (χ0) is 13.5. The molecule has 0 aromatic heterocycles. The molecular formula is C15H26N2O2. The zero-order valence-electron chi connectivity index (χ0n) is 12.2. The van der Waals surface area contributed by atoms with Crippen LogP contribution in [0.1, 0.15) is 39.0 Å². The number of esters is 1. The molecule has 0 spiro atoms. The lowest BCUT2D eigenvalue weighted by molar-refractivity contribution is -0.144. The molecule has 0 unspecified atom stereocenters. The number of rotatable bonds is 9. The molecule has 3 aliphatic rings. The van der Waals surface area contributed by atoms with Gasteiger partial charge in [0, 0.05) is 31.1 Å². The Kier molecular flexibility index (Phi) is 3.34. The summed E-state index contributed by atoms with van der Waals surface area (Å²) in [5.74, 6) is 0.0278. The van der Waals surface area contributed by atoms with Gasteiger partial charge >= 0.3 is 5.97 Å². The molecule has 108 valence electrons. The molecule has 0 aromatic carbocycles. The monoisotopic (exact) mass is 266 g/mol. The predicted octanol–water partition coefficient (Wildman–Crippen LogP) is 1.40. The first-order valence-electron chi connectivity index (χ1n) is 7.70. The highest BCUT2D eigenvalue weighted by atomic mass is 16.5. The molecule has 19 heavy (non-hydrogen) atoms. The lowest BCUT2D eigenvalue weighted by atomic mass is 10.2. The maximum absolute atomic E-state index is 11.7. The second-order valence-corrected chi connectivity index (χ2v) is 6.71. The van der Waals surface area contributed by atoms with E-state index in [-0.39, 0.29) is 16.8 Å². The van der Waals surface area contributed by atoms with Crippen molar-refractivity contribution in [2.45, 2.75) is 45.1 Å². The maximum Gasteiger partial charge on any atom is 0.312 e. The van der Waals surface area contributed by atoms with Crippen LogP contribution >= 0.6 is 0 Å². The number of methoxy groups -OCH3 is 1. The molecule has 4 heteroatoms. The minimum absolute atomic E-state index is 0.0278. The molecule has 0 radical (unpaired) electrons. The number of hydrogen-bond donors (Lipinski definition) is 1. The Bertz CT molecular complexity index is 359. The summed E-state index contributed by atoms with van der Waals surface area (Å²) in [6.07, 6.45) is 6.00. The van der Waals surface area contributed by atoms with Gasteiger partial charge in [0.25, 0.3) is 0 Å². The van der Waals surface area contributed by atoms with Gasteiger partial charge in [-0.05, 0) is 38.6 Å². The van der Waals surface area contributed by atoms with Crippen molar-refractivity contribution in [2.75, 3.05) is 33.3 Å². The highest BCUT2D eigenvalue weighted by molar-refractivity contribution is 5.87. The Hall–Kier alpha value is -0.610. The standard InChI is InChI=1S/C15H26N2O2/c1-3-7-17(8-6-16-12-4-5-12)11-14-9-15(14,10-14)13(18)19-2/h12,16H,3-11H2,1-2H3. The van der Waals surface area contributed by atoms with Crippen molar-refractivity contribution >= 4 is 5.97 Å². The predicted molar refractivity (Wildman–Crippen MR) is 73.9 cm³/mol. The average Bonchev–Trinajstić information content (AvgIpc) is 3.23. The van der Waals surface area contributed by atoms with Crippen molar-refractivity contribution in [3.63, 3.8) is 0 Å². The fourth-order valence-corrected chi connectivity index (χ4v) is 3.56. The number of ether oxygens (including phenoxy) is 1. The summed E-state index contributed by atoms with van der Waals surface area (Å²) in [6.45, 7) is 6.66. The normalized spacial score (nSPS) is 35.1. The van der Waals surface area contributed by atoms with Crippen LogP contribution in [-0.2, 0) is 9.53 Å². The van der Waals surface area contributed by atoms with Crippen molar-refractivity contribution in [3.05, 3.63) is 0 Å². The average molecular weight is 266 g/mol.